The average molecular weight is 366 g/mol. The molecule has 0 aliphatic carbocycles. The molecule has 1 heterocycles. The Hall–Kier alpha value is -2.36. The highest BCUT2D eigenvalue weighted by molar-refractivity contribution is 7.22. The van der Waals surface area contributed by atoms with Crippen LogP contribution in [0.1, 0.15) is 16.6 Å². The fraction of sp³-hybridized carbons (Fsp3) is 0.0952. The highest BCUT2D eigenvalue weighted by atomic mass is 35.5. The van der Waals surface area contributed by atoms with Crippen LogP contribution < -0.4 is 4.90 Å². The summed E-state index contributed by atoms with van der Waals surface area (Å²) in [7, 11) is 0. The van der Waals surface area contributed by atoms with Gasteiger partial charge in [0.15, 0.2) is 0 Å². The molecule has 0 aliphatic heterocycles. The molecule has 0 unspecified atom stereocenters. The van der Waals surface area contributed by atoms with E-state index >= 15 is 0 Å². The van der Waals surface area contributed by atoms with Crippen molar-refractivity contribution in [3.63, 3.8) is 0 Å². The molecule has 0 N–H and O–H groups in total. The Bertz CT molecular complexity index is 1070. The Labute approximate surface area is 155 Å². The summed E-state index contributed by atoms with van der Waals surface area (Å²) in [5.41, 5.74) is 0.883. The third kappa shape index (κ3) is 2.70. The van der Waals surface area contributed by atoms with Gasteiger partial charge in [-0.05, 0) is 35.9 Å². The van der Waals surface area contributed by atoms with Crippen molar-refractivity contribution in [3.8, 4) is 0 Å². The number of rotatable bonds is 3. The van der Waals surface area contributed by atoms with Gasteiger partial charge in [-0.2, -0.15) is 0 Å². The predicted molar refractivity (Wildman–Crippen MR) is 108 cm³/mol. The number of carbonyl (C=O) groups is 1. The zero-order valence-electron chi connectivity index (χ0n) is 13.7. The number of benzene rings is 3. The van der Waals surface area contributed by atoms with Crippen molar-refractivity contribution in [2.45, 2.75) is 6.92 Å². The first-order chi connectivity index (χ1) is 12.2. The number of para-hydroxylation sites is 1. The number of fused-ring (bicyclic) bond motifs is 3. The summed E-state index contributed by atoms with van der Waals surface area (Å²) in [4.78, 5) is 15.5. The van der Waals surface area contributed by atoms with Crippen LogP contribution in [-0.4, -0.2) is 12.5 Å². The largest absolute Gasteiger partial charge is 0.308 e. The molecule has 0 atom stereocenters. The number of thiophene rings is 1. The van der Waals surface area contributed by atoms with Gasteiger partial charge in [-0.1, -0.05) is 60.1 Å². The van der Waals surface area contributed by atoms with Crippen molar-refractivity contribution >= 4 is 55.4 Å². The standard InChI is InChI=1S/C21H16ClNOS/c1-2-23(15-9-4-3-5-10-15)21(24)20-19(22)18-16-11-7-6-8-14(16)12-13-17(18)25-20/h3-13H,2H2,1H3. The Balaban J connectivity index is 1.88. The Morgan fingerprint density at radius 2 is 1.72 bits per heavy atom. The molecular formula is C21H16ClNOS. The molecule has 0 bridgehead atoms. The third-order valence-corrected chi connectivity index (χ3v) is 5.98. The van der Waals surface area contributed by atoms with Crippen LogP contribution in [0.15, 0.2) is 66.7 Å². The predicted octanol–water partition coefficient (Wildman–Crippen LogP) is 6.37. The Kier molecular flexibility index (Phi) is 4.20. The molecule has 124 valence electrons. The van der Waals surface area contributed by atoms with Gasteiger partial charge in [0.1, 0.15) is 4.88 Å². The number of halogens is 1. The minimum Gasteiger partial charge on any atom is -0.308 e. The first-order valence-electron chi connectivity index (χ1n) is 8.17. The zero-order chi connectivity index (χ0) is 17.4. The Morgan fingerprint density at radius 3 is 2.48 bits per heavy atom. The van der Waals surface area contributed by atoms with Gasteiger partial charge in [0.2, 0.25) is 0 Å². The summed E-state index contributed by atoms with van der Waals surface area (Å²) >= 11 is 8.14. The van der Waals surface area contributed by atoms with Crippen LogP contribution in [0, 0.1) is 0 Å². The third-order valence-electron chi connectivity index (χ3n) is 4.35. The summed E-state index contributed by atoms with van der Waals surface area (Å²) < 4.78 is 1.04. The molecule has 25 heavy (non-hydrogen) atoms. The minimum absolute atomic E-state index is 0.0519. The van der Waals surface area contributed by atoms with E-state index in [0.29, 0.717) is 16.4 Å². The molecular weight excluding hydrogens is 350 g/mol. The van der Waals surface area contributed by atoms with Crippen LogP contribution >= 0.6 is 22.9 Å². The van der Waals surface area contributed by atoms with Crippen molar-refractivity contribution in [3.05, 3.63) is 76.6 Å². The van der Waals surface area contributed by atoms with Gasteiger partial charge < -0.3 is 4.90 Å². The second-order valence-electron chi connectivity index (χ2n) is 5.79. The molecule has 3 aromatic carbocycles. The van der Waals surface area contributed by atoms with E-state index in [-0.39, 0.29) is 5.91 Å². The van der Waals surface area contributed by atoms with Gasteiger partial charge in [-0.3, -0.25) is 4.79 Å². The van der Waals surface area contributed by atoms with E-state index in [1.54, 1.807) is 4.90 Å². The van der Waals surface area contributed by atoms with Gasteiger partial charge in [0.05, 0.1) is 5.02 Å². The number of amides is 1. The molecule has 1 aromatic heterocycles. The number of hydrogen-bond donors (Lipinski definition) is 0. The van der Waals surface area contributed by atoms with Crippen LogP contribution in [0.25, 0.3) is 20.9 Å². The van der Waals surface area contributed by atoms with E-state index in [1.165, 1.54) is 11.3 Å². The lowest BCUT2D eigenvalue weighted by Crippen LogP contribution is -2.30. The SMILES string of the molecule is CCN(C(=O)c1sc2ccc3ccccc3c2c1Cl)c1ccccc1. The zero-order valence-corrected chi connectivity index (χ0v) is 15.3. The van der Waals surface area contributed by atoms with Gasteiger partial charge >= 0.3 is 0 Å². The van der Waals surface area contributed by atoms with E-state index in [1.807, 2.05) is 55.5 Å². The maximum Gasteiger partial charge on any atom is 0.269 e. The van der Waals surface area contributed by atoms with Crippen molar-refractivity contribution in [2.24, 2.45) is 0 Å². The van der Waals surface area contributed by atoms with Crippen molar-refractivity contribution in [2.75, 3.05) is 11.4 Å². The molecule has 0 fully saturated rings. The van der Waals surface area contributed by atoms with E-state index in [0.717, 1.165) is 26.5 Å². The highest BCUT2D eigenvalue weighted by Crippen LogP contribution is 2.40. The second-order valence-corrected chi connectivity index (χ2v) is 7.22. The summed E-state index contributed by atoms with van der Waals surface area (Å²) in [6, 6.07) is 21.9. The second kappa shape index (κ2) is 6.51. The molecule has 0 spiro atoms. The molecule has 4 heteroatoms. The minimum atomic E-state index is -0.0519. The van der Waals surface area contributed by atoms with E-state index in [2.05, 4.69) is 18.2 Å². The molecule has 0 saturated carbocycles. The lowest BCUT2D eigenvalue weighted by Gasteiger charge is -2.20. The molecule has 4 rings (SSSR count). The monoisotopic (exact) mass is 365 g/mol. The fourth-order valence-electron chi connectivity index (χ4n) is 3.14. The van der Waals surface area contributed by atoms with E-state index in [4.69, 9.17) is 11.6 Å². The maximum atomic E-state index is 13.2. The van der Waals surface area contributed by atoms with E-state index < -0.39 is 0 Å². The lowest BCUT2D eigenvalue weighted by atomic mass is 10.1. The van der Waals surface area contributed by atoms with Gasteiger partial charge in [-0.25, -0.2) is 0 Å². The fourth-order valence-corrected chi connectivity index (χ4v) is 4.66. The topological polar surface area (TPSA) is 20.3 Å². The number of hydrogen-bond acceptors (Lipinski definition) is 2. The summed E-state index contributed by atoms with van der Waals surface area (Å²) in [5.74, 6) is -0.0519. The highest BCUT2D eigenvalue weighted by Gasteiger charge is 2.23. The lowest BCUT2D eigenvalue weighted by molar-refractivity contribution is 0.0992. The summed E-state index contributed by atoms with van der Waals surface area (Å²) in [6.07, 6.45) is 0. The smallest absolute Gasteiger partial charge is 0.269 e. The van der Waals surface area contributed by atoms with Crippen molar-refractivity contribution in [1.82, 2.24) is 0 Å². The molecule has 1 amide bonds. The van der Waals surface area contributed by atoms with Crippen LogP contribution in [-0.2, 0) is 0 Å². The van der Waals surface area contributed by atoms with Crippen LogP contribution in [0.3, 0.4) is 0 Å². The van der Waals surface area contributed by atoms with Crippen molar-refractivity contribution in [1.29, 1.82) is 0 Å². The van der Waals surface area contributed by atoms with Crippen LogP contribution in [0.2, 0.25) is 5.02 Å². The van der Waals surface area contributed by atoms with Crippen molar-refractivity contribution < 1.29 is 4.79 Å². The first-order valence-corrected chi connectivity index (χ1v) is 9.37. The number of anilines is 1. The molecule has 4 aromatic rings. The molecule has 0 radical (unpaired) electrons. The van der Waals surface area contributed by atoms with E-state index in [9.17, 15) is 4.79 Å². The Morgan fingerprint density at radius 1 is 1.00 bits per heavy atom. The number of carbonyl (C=O) groups excluding carboxylic acids is 1. The molecule has 2 nitrogen and oxygen atoms in total. The number of nitrogens with zero attached hydrogens (tertiary/aromatic N) is 1. The normalized spacial score (nSPS) is 11.1. The average Bonchev–Trinajstić information content (AvgIpc) is 3.00. The summed E-state index contributed by atoms with van der Waals surface area (Å²) in [6.45, 7) is 2.57. The molecule has 0 saturated heterocycles. The van der Waals surface area contributed by atoms with Crippen LogP contribution in [0.5, 0.6) is 0 Å². The van der Waals surface area contributed by atoms with Gasteiger partial charge in [0.25, 0.3) is 5.91 Å². The summed E-state index contributed by atoms with van der Waals surface area (Å²) in [5, 5.41) is 3.74. The first kappa shape index (κ1) is 16.1. The molecule has 0 aliphatic rings. The van der Waals surface area contributed by atoms with Gasteiger partial charge in [-0.15, -0.1) is 11.3 Å². The maximum absolute atomic E-state index is 13.2. The van der Waals surface area contributed by atoms with Gasteiger partial charge in [0, 0.05) is 22.3 Å². The quantitative estimate of drug-likeness (QED) is 0.412. The van der Waals surface area contributed by atoms with Crippen LogP contribution in [0.4, 0.5) is 5.69 Å².